The maximum absolute atomic E-state index is 4.91. The van der Waals surface area contributed by atoms with Crippen LogP contribution in [0.3, 0.4) is 0 Å². The van der Waals surface area contributed by atoms with Gasteiger partial charge in [0.15, 0.2) is 5.82 Å². The number of aryl methyl sites for hydroxylation is 2. The van der Waals surface area contributed by atoms with E-state index in [4.69, 9.17) is 4.99 Å². The molecule has 150 valence electrons. The zero-order chi connectivity index (χ0) is 21.0. The maximum Gasteiger partial charge on any atom is 0.154 e. The van der Waals surface area contributed by atoms with Crippen molar-refractivity contribution in [3.8, 4) is 0 Å². The molecule has 2 aromatic carbocycles. The number of anilines is 1. The van der Waals surface area contributed by atoms with Gasteiger partial charge >= 0.3 is 0 Å². The molecule has 0 radical (unpaired) electrons. The molecule has 0 amide bonds. The third-order valence-electron chi connectivity index (χ3n) is 5.04. The van der Waals surface area contributed by atoms with Crippen LogP contribution in [0.25, 0.3) is 0 Å². The molecule has 3 rings (SSSR count). The minimum Gasteiger partial charge on any atom is -0.339 e. The highest BCUT2D eigenvalue weighted by atomic mass is 15.0. The van der Waals surface area contributed by atoms with Crippen LogP contribution in [0, 0.1) is 13.8 Å². The summed E-state index contributed by atoms with van der Waals surface area (Å²) in [6, 6.07) is 21.0. The molecule has 3 aromatic rings. The van der Waals surface area contributed by atoms with Gasteiger partial charge in [-0.25, -0.2) is 9.98 Å². The summed E-state index contributed by atoms with van der Waals surface area (Å²) in [5.41, 5.74) is 6.99. The van der Waals surface area contributed by atoms with Crippen molar-refractivity contribution in [1.29, 1.82) is 0 Å². The number of nitrogens with zero attached hydrogens (tertiary/aromatic N) is 2. The Morgan fingerprint density at radius 2 is 1.38 bits per heavy atom. The van der Waals surface area contributed by atoms with E-state index in [-0.39, 0.29) is 0 Å². The third-order valence-corrected chi connectivity index (χ3v) is 5.04. The largest absolute Gasteiger partial charge is 0.339 e. The molecule has 1 N–H and O–H groups in total. The molecule has 0 atom stereocenters. The number of para-hydroxylation sites is 1. The van der Waals surface area contributed by atoms with Gasteiger partial charge in [0.25, 0.3) is 0 Å². The summed E-state index contributed by atoms with van der Waals surface area (Å²) >= 11 is 0. The number of amidine groups is 1. The van der Waals surface area contributed by atoms with Gasteiger partial charge in [-0.05, 0) is 48.9 Å². The van der Waals surface area contributed by atoms with Crippen molar-refractivity contribution < 1.29 is 0 Å². The maximum atomic E-state index is 4.91. The van der Waals surface area contributed by atoms with E-state index < -0.39 is 0 Å². The van der Waals surface area contributed by atoms with Gasteiger partial charge in [-0.1, -0.05) is 81.8 Å². The smallest absolute Gasteiger partial charge is 0.154 e. The summed E-state index contributed by atoms with van der Waals surface area (Å²) in [5.74, 6) is 2.35. The number of nitrogens with one attached hydrogen (secondary N) is 1. The molecular formula is C26H31N3. The molecule has 0 saturated heterocycles. The first-order chi connectivity index (χ1) is 13.8. The van der Waals surface area contributed by atoms with Crippen LogP contribution in [-0.2, 0) is 0 Å². The van der Waals surface area contributed by atoms with E-state index in [9.17, 15) is 0 Å². The van der Waals surface area contributed by atoms with Gasteiger partial charge in [-0.2, -0.15) is 0 Å². The molecule has 3 nitrogen and oxygen atoms in total. The number of hydrogen-bond acceptors (Lipinski definition) is 2. The fourth-order valence-corrected chi connectivity index (χ4v) is 3.40. The minimum absolute atomic E-state index is 0.410. The van der Waals surface area contributed by atoms with E-state index in [0.717, 1.165) is 22.8 Å². The molecule has 0 saturated carbocycles. The van der Waals surface area contributed by atoms with Crippen molar-refractivity contribution in [2.24, 2.45) is 4.99 Å². The van der Waals surface area contributed by atoms with Crippen LogP contribution >= 0.6 is 0 Å². The Morgan fingerprint density at radius 3 is 1.93 bits per heavy atom. The lowest BCUT2D eigenvalue weighted by atomic mass is 9.92. The average molecular weight is 386 g/mol. The van der Waals surface area contributed by atoms with E-state index in [2.05, 4.69) is 87.4 Å². The Hall–Kier alpha value is -2.94. The van der Waals surface area contributed by atoms with Gasteiger partial charge in [-0.3, -0.25) is 0 Å². The second-order valence-electron chi connectivity index (χ2n) is 8.21. The van der Waals surface area contributed by atoms with Gasteiger partial charge in [0.1, 0.15) is 5.84 Å². The van der Waals surface area contributed by atoms with E-state index in [1.807, 2.05) is 25.1 Å². The summed E-state index contributed by atoms with van der Waals surface area (Å²) in [4.78, 5) is 9.50. The van der Waals surface area contributed by atoms with Gasteiger partial charge in [0.2, 0.25) is 0 Å². The first-order valence-corrected chi connectivity index (χ1v) is 10.3. The second-order valence-corrected chi connectivity index (χ2v) is 8.21. The minimum atomic E-state index is 0.410. The zero-order valence-corrected chi connectivity index (χ0v) is 18.3. The van der Waals surface area contributed by atoms with Crippen molar-refractivity contribution in [2.45, 2.75) is 53.4 Å². The van der Waals surface area contributed by atoms with Gasteiger partial charge in [-0.15, -0.1) is 0 Å². The lowest BCUT2D eigenvalue weighted by molar-refractivity contribution is 0.839. The Bertz CT molecular complexity index is 972. The molecule has 1 heterocycles. The molecule has 0 aliphatic carbocycles. The highest BCUT2D eigenvalue weighted by molar-refractivity contribution is 6.10. The van der Waals surface area contributed by atoms with E-state index in [1.165, 1.54) is 16.7 Å². The van der Waals surface area contributed by atoms with Crippen molar-refractivity contribution in [2.75, 3.05) is 5.32 Å². The molecule has 29 heavy (non-hydrogen) atoms. The number of pyridine rings is 1. The SMILES string of the molecule is Cc1ccc(/C(=N/c2cccc(C)n2)Nc2c(C(C)C)cccc2C(C)C)cc1. The van der Waals surface area contributed by atoms with E-state index in [0.29, 0.717) is 17.7 Å². The molecule has 0 fully saturated rings. The predicted octanol–water partition coefficient (Wildman–Crippen LogP) is 7.14. The Kier molecular flexibility index (Phi) is 6.48. The van der Waals surface area contributed by atoms with Crippen molar-refractivity contribution in [3.05, 3.63) is 88.6 Å². The highest BCUT2D eigenvalue weighted by Gasteiger charge is 2.16. The summed E-state index contributed by atoms with van der Waals surface area (Å²) < 4.78 is 0. The Balaban J connectivity index is 2.15. The zero-order valence-electron chi connectivity index (χ0n) is 18.3. The number of rotatable bonds is 5. The predicted molar refractivity (Wildman–Crippen MR) is 125 cm³/mol. The standard InChI is InChI=1S/C26H31N3/c1-17(2)22-10-8-11-23(18(3)4)25(22)29-26(21-15-13-19(5)14-16-21)28-24-12-7-9-20(6)27-24/h7-18H,1-6H3,(H,27,28,29). The van der Waals surface area contributed by atoms with Crippen LogP contribution in [0.5, 0.6) is 0 Å². The summed E-state index contributed by atoms with van der Waals surface area (Å²) in [7, 11) is 0. The molecule has 3 heteroatoms. The van der Waals surface area contributed by atoms with Crippen molar-refractivity contribution >= 4 is 17.3 Å². The second kappa shape index (κ2) is 9.04. The topological polar surface area (TPSA) is 37.3 Å². The molecule has 0 aliphatic rings. The Labute approximate surface area is 174 Å². The van der Waals surface area contributed by atoms with Crippen LogP contribution < -0.4 is 5.32 Å². The molecule has 0 bridgehead atoms. The quantitative estimate of drug-likeness (QED) is 0.374. The normalized spacial score (nSPS) is 11.9. The lowest BCUT2D eigenvalue weighted by Gasteiger charge is -2.22. The van der Waals surface area contributed by atoms with Crippen LogP contribution in [0.4, 0.5) is 11.5 Å². The van der Waals surface area contributed by atoms with Gasteiger partial charge < -0.3 is 5.32 Å². The monoisotopic (exact) mass is 385 g/mol. The molecular weight excluding hydrogens is 354 g/mol. The average Bonchev–Trinajstić information content (AvgIpc) is 2.68. The summed E-state index contributed by atoms with van der Waals surface area (Å²) in [5, 5.41) is 3.69. The fourth-order valence-electron chi connectivity index (χ4n) is 3.40. The van der Waals surface area contributed by atoms with Gasteiger partial charge in [0.05, 0.1) is 0 Å². The van der Waals surface area contributed by atoms with Crippen LogP contribution in [0.15, 0.2) is 65.7 Å². The van der Waals surface area contributed by atoms with Crippen molar-refractivity contribution in [3.63, 3.8) is 0 Å². The molecule has 0 spiro atoms. The van der Waals surface area contributed by atoms with E-state index in [1.54, 1.807) is 0 Å². The molecule has 0 aliphatic heterocycles. The number of benzene rings is 2. The highest BCUT2D eigenvalue weighted by Crippen LogP contribution is 2.33. The van der Waals surface area contributed by atoms with Crippen LogP contribution in [0.1, 0.15) is 67.5 Å². The van der Waals surface area contributed by atoms with Crippen LogP contribution in [-0.4, -0.2) is 10.8 Å². The van der Waals surface area contributed by atoms with E-state index >= 15 is 0 Å². The lowest BCUT2D eigenvalue weighted by Crippen LogP contribution is -2.17. The number of aliphatic imine (C=N–C) groups is 1. The number of hydrogen-bond donors (Lipinski definition) is 1. The third kappa shape index (κ3) is 5.11. The van der Waals surface area contributed by atoms with Crippen LogP contribution in [0.2, 0.25) is 0 Å². The molecule has 1 aromatic heterocycles. The Morgan fingerprint density at radius 1 is 0.793 bits per heavy atom. The fraction of sp³-hybridized carbons (Fsp3) is 0.308. The summed E-state index contributed by atoms with van der Waals surface area (Å²) in [6.07, 6.45) is 0. The molecule has 0 unspecified atom stereocenters. The first kappa shape index (κ1) is 20.8. The first-order valence-electron chi connectivity index (χ1n) is 10.3. The number of aromatic nitrogens is 1. The summed E-state index contributed by atoms with van der Waals surface area (Å²) in [6.45, 7) is 13.0. The van der Waals surface area contributed by atoms with Crippen molar-refractivity contribution in [1.82, 2.24) is 4.98 Å². The van der Waals surface area contributed by atoms with Gasteiger partial charge in [0, 0.05) is 16.9 Å².